The van der Waals surface area contributed by atoms with Crippen LogP contribution in [0.5, 0.6) is 0 Å². The second-order valence-corrected chi connectivity index (χ2v) is 6.05. The zero-order valence-electron chi connectivity index (χ0n) is 11.9. The number of amides is 1. The first kappa shape index (κ1) is 14.5. The average Bonchev–Trinajstić information content (AvgIpc) is 2.37. The van der Waals surface area contributed by atoms with Gasteiger partial charge in [-0.05, 0) is 38.5 Å². The fourth-order valence-corrected chi connectivity index (χ4v) is 2.69. The molecule has 1 amide bonds. The largest absolute Gasteiger partial charge is 0.411 e. The lowest BCUT2D eigenvalue weighted by molar-refractivity contribution is -0.139. The van der Waals surface area contributed by atoms with E-state index in [1.54, 1.807) is 17.0 Å². The smallest absolute Gasteiger partial charge is 0.229 e. The van der Waals surface area contributed by atoms with Gasteiger partial charge in [0, 0.05) is 12.0 Å². The third kappa shape index (κ3) is 2.81. The lowest BCUT2D eigenvalue weighted by atomic mass is 9.89. The molecule has 20 heavy (non-hydrogen) atoms. The van der Waals surface area contributed by atoms with Crippen molar-refractivity contribution in [2.75, 3.05) is 0 Å². The molecule has 0 bridgehead atoms. The number of halogens is 1. The van der Waals surface area contributed by atoms with Gasteiger partial charge < -0.3 is 10.1 Å². The minimum Gasteiger partial charge on any atom is -0.411 e. The maximum absolute atomic E-state index is 13.1. The summed E-state index contributed by atoms with van der Waals surface area (Å²) in [4.78, 5) is 14.1. The van der Waals surface area contributed by atoms with E-state index < -0.39 is 0 Å². The van der Waals surface area contributed by atoms with Gasteiger partial charge in [0.25, 0.3) is 0 Å². The monoisotopic (exact) mass is 278 g/mol. The van der Waals surface area contributed by atoms with Gasteiger partial charge in [-0.3, -0.25) is 4.79 Å². The molecule has 1 aromatic rings. The number of hydrogen-bond acceptors (Lipinski definition) is 3. The van der Waals surface area contributed by atoms with Crippen LogP contribution in [-0.2, 0) is 4.79 Å². The highest BCUT2D eigenvalue weighted by Gasteiger charge is 2.39. The predicted molar refractivity (Wildman–Crippen MR) is 74.2 cm³/mol. The molecule has 5 heteroatoms. The maximum atomic E-state index is 13.1. The van der Waals surface area contributed by atoms with Gasteiger partial charge in [-0.2, -0.15) is 0 Å². The van der Waals surface area contributed by atoms with Gasteiger partial charge in [0.2, 0.25) is 5.91 Å². The van der Waals surface area contributed by atoms with E-state index in [-0.39, 0.29) is 29.7 Å². The van der Waals surface area contributed by atoms with Gasteiger partial charge in [0.15, 0.2) is 0 Å². The SMILES string of the molecule is CC(C)(C)N1C(=O)C/C(=N/O)C[C@@H]1c1ccc(F)cc1. The summed E-state index contributed by atoms with van der Waals surface area (Å²) in [6.45, 7) is 5.88. The Morgan fingerprint density at radius 2 is 1.90 bits per heavy atom. The zero-order chi connectivity index (χ0) is 14.9. The van der Waals surface area contributed by atoms with E-state index in [1.807, 2.05) is 20.8 Å². The molecule has 1 atom stereocenters. The summed E-state index contributed by atoms with van der Waals surface area (Å²) in [6.07, 6.45) is 0.594. The fraction of sp³-hybridized carbons (Fsp3) is 0.467. The van der Waals surface area contributed by atoms with Crippen LogP contribution in [0.25, 0.3) is 0 Å². The molecule has 1 fully saturated rings. The molecule has 0 unspecified atom stereocenters. The number of rotatable bonds is 1. The molecule has 108 valence electrons. The Kier molecular flexibility index (Phi) is 3.79. The van der Waals surface area contributed by atoms with Crippen molar-refractivity contribution >= 4 is 11.6 Å². The van der Waals surface area contributed by atoms with Crippen molar-refractivity contribution in [3.8, 4) is 0 Å². The first-order valence-electron chi connectivity index (χ1n) is 6.60. The Hall–Kier alpha value is -1.91. The van der Waals surface area contributed by atoms with Crippen LogP contribution in [0.1, 0.15) is 45.2 Å². The van der Waals surface area contributed by atoms with Gasteiger partial charge in [-0.25, -0.2) is 4.39 Å². The molecule has 1 aromatic carbocycles. The third-order valence-electron chi connectivity index (χ3n) is 3.48. The summed E-state index contributed by atoms with van der Waals surface area (Å²) in [5, 5.41) is 12.2. The topological polar surface area (TPSA) is 52.9 Å². The van der Waals surface area contributed by atoms with Crippen molar-refractivity contribution in [2.24, 2.45) is 5.16 Å². The summed E-state index contributed by atoms with van der Waals surface area (Å²) in [5.74, 6) is -0.389. The molecule has 0 radical (unpaired) electrons. The lowest BCUT2D eigenvalue weighted by Crippen LogP contribution is -2.51. The minimum absolute atomic E-state index is 0.0779. The van der Waals surface area contributed by atoms with Crippen LogP contribution in [0, 0.1) is 5.82 Å². The number of likely N-dealkylation sites (tertiary alicyclic amines) is 1. The number of carbonyl (C=O) groups is 1. The number of oxime groups is 1. The summed E-state index contributed by atoms with van der Waals surface area (Å²) in [6, 6.07) is 5.87. The molecule has 0 spiro atoms. The molecule has 0 saturated carbocycles. The highest BCUT2D eigenvalue weighted by molar-refractivity contribution is 6.03. The maximum Gasteiger partial charge on any atom is 0.229 e. The fourth-order valence-electron chi connectivity index (χ4n) is 2.69. The van der Waals surface area contributed by atoms with E-state index in [0.717, 1.165) is 5.56 Å². The minimum atomic E-state index is -0.350. The van der Waals surface area contributed by atoms with E-state index in [4.69, 9.17) is 5.21 Å². The highest BCUT2D eigenvalue weighted by atomic mass is 19.1. The molecule has 1 saturated heterocycles. The van der Waals surface area contributed by atoms with E-state index >= 15 is 0 Å². The Morgan fingerprint density at radius 3 is 2.40 bits per heavy atom. The van der Waals surface area contributed by atoms with Gasteiger partial charge in [-0.15, -0.1) is 0 Å². The standard InChI is InChI=1S/C15H19FN2O2/c1-15(2,3)18-13(8-12(17-20)9-14(18)19)10-4-6-11(16)7-5-10/h4-7,13,20H,8-9H2,1-3H3/b17-12+/t13-/m1/s1. The van der Waals surface area contributed by atoms with Crippen LogP contribution in [-0.4, -0.2) is 27.3 Å². The summed E-state index contributed by atoms with van der Waals surface area (Å²) >= 11 is 0. The first-order chi connectivity index (χ1) is 9.32. The van der Waals surface area contributed by atoms with Crippen molar-refractivity contribution < 1.29 is 14.4 Å². The molecule has 0 aromatic heterocycles. The van der Waals surface area contributed by atoms with Crippen molar-refractivity contribution in [3.05, 3.63) is 35.6 Å². The zero-order valence-corrected chi connectivity index (χ0v) is 11.9. The molecule has 1 heterocycles. The van der Waals surface area contributed by atoms with Crippen LogP contribution in [0.4, 0.5) is 4.39 Å². The number of carbonyl (C=O) groups excluding carboxylic acids is 1. The van der Waals surface area contributed by atoms with E-state index in [1.165, 1.54) is 12.1 Å². The van der Waals surface area contributed by atoms with Gasteiger partial charge >= 0.3 is 0 Å². The molecule has 2 rings (SSSR count). The molecule has 0 aliphatic carbocycles. The quantitative estimate of drug-likeness (QED) is 0.634. The normalized spacial score (nSPS) is 22.4. The molecular formula is C15H19FN2O2. The van der Waals surface area contributed by atoms with Crippen LogP contribution < -0.4 is 0 Å². The van der Waals surface area contributed by atoms with Crippen molar-refractivity contribution in [1.82, 2.24) is 4.90 Å². The van der Waals surface area contributed by atoms with E-state index in [2.05, 4.69) is 5.16 Å². The Labute approximate surface area is 117 Å². The average molecular weight is 278 g/mol. The summed E-state index contributed by atoms with van der Waals surface area (Å²) in [7, 11) is 0. The summed E-state index contributed by atoms with van der Waals surface area (Å²) in [5.41, 5.74) is 0.956. The van der Waals surface area contributed by atoms with Crippen LogP contribution in [0.3, 0.4) is 0 Å². The number of benzene rings is 1. The number of piperidine rings is 1. The van der Waals surface area contributed by atoms with Crippen molar-refractivity contribution in [2.45, 2.75) is 45.2 Å². The van der Waals surface area contributed by atoms with Gasteiger partial charge in [-0.1, -0.05) is 17.3 Å². The number of hydrogen-bond donors (Lipinski definition) is 1. The second kappa shape index (κ2) is 5.23. The van der Waals surface area contributed by atoms with Crippen LogP contribution in [0.15, 0.2) is 29.4 Å². The number of nitrogens with zero attached hydrogens (tertiary/aromatic N) is 2. The van der Waals surface area contributed by atoms with Crippen LogP contribution >= 0.6 is 0 Å². The molecule has 1 aliphatic heterocycles. The van der Waals surface area contributed by atoms with Crippen molar-refractivity contribution in [1.29, 1.82) is 0 Å². The van der Waals surface area contributed by atoms with Gasteiger partial charge in [0.1, 0.15) is 5.82 Å². The third-order valence-corrected chi connectivity index (χ3v) is 3.48. The predicted octanol–water partition coefficient (Wildman–Crippen LogP) is 3.12. The van der Waals surface area contributed by atoms with E-state index in [9.17, 15) is 9.18 Å². The molecule has 4 nitrogen and oxygen atoms in total. The Balaban J connectivity index is 2.43. The van der Waals surface area contributed by atoms with Crippen LogP contribution in [0.2, 0.25) is 0 Å². The van der Waals surface area contributed by atoms with Crippen molar-refractivity contribution in [3.63, 3.8) is 0 Å². The highest BCUT2D eigenvalue weighted by Crippen LogP contribution is 2.35. The molecule has 1 aliphatic rings. The molecular weight excluding hydrogens is 259 g/mol. The second-order valence-electron chi connectivity index (χ2n) is 6.05. The Morgan fingerprint density at radius 1 is 1.30 bits per heavy atom. The Bertz CT molecular complexity index is 532. The van der Waals surface area contributed by atoms with E-state index in [0.29, 0.717) is 12.1 Å². The molecule has 1 N–H and O–H groups in total. The summed E-state index contributed by atoms with van der Waals surface area (Å²) < 4.78 is 13.1. The first-order valence-corrected chi connectivity index (χ1v) is 6.60. The van der Waals surface area contributed by atoms with Gasteiger partial charge in [0.05, 0.1) is 18.2 Å². The lowest BCUT2D eigenvalue weighted by Gasteiger charge is -2.45.